The Kier molecular flexibility index (Phi) is 4.57. The minimum Gasteiger partial charge on any atom is -0.370 e. The van der Waals surface area contributed by atoms with E-state index in [1.165, 1.54) is 12.8 Å². The second-order valence-corrected chi connectivity index (χ2v) is 6.64. The molecule has 0 saturated carbocycles. The lowest BCUT2D eigenvalue weighted by Crippen LogP contribution is -2.35. The molecule has 122 valence electrons. The topological polar surface area (TPSA) is 50.2 Å². The van der Waals surface area contributed by atoms with Gasteiger partial charge in [-0.25, -0.2) is 4.98 Å². The predicted molar refractivity (Wildman–Crippen MR) is 93.2 cm³/mol. The summed E-state index contributed by atoms with van der Waals surface area (Å²) >= 11 is 6.14. The second kappa shape index (κ2) is 6.62. The molecular weight excluding hydrogens is 312 g/mol. The van der Waals surface area contributed by atoms with E-state index in [0.29, 0.717) is 16.6 Å². The van der Waals surface area contributed by atoms with Crippen molar-refractivity contribution in [2.24, 2.45) is 13.0 Å². The van der Waals surface area contributed by atoms with Crippen molar-refractivity contribution in [1.82, 2.24) is 9.55 Å². The molecule has 6 heteroatoms. The maximum Gasteiger partial charge on any atom is 0.273 e. The average Bonchev–Trinajstić information content (AvgIpc) is 2.93. The molecule has 1 N–H and O–H groups in total. The van der Waals surface area contributed by atoms with Crippen molar-refractivity contribution in [3.05, 3.63) is 41.4 Å². The Bertz CT molecular complexity index is 712. The van der Waals surface area contributed by atoms with Gasteiger partial charge in [0.1, 0.15) is 5.69 Å². The molecular formula is C17H21ClN4O. The van der Waals surface area contributed by atoms with Gasteiger partial charge < -0.3 is 14.8 Å². The molecule has 1 atom stereocenters. The third-order valence-electron chi connectivity index (χ3n) is 4.25. The number of aromatic nitrogens is 2. The van der Waals surface area contributed by atoms with Crippen molar-refractivity contribution in [2.75, 3.05) is 23.3 Å². The molecule has 5 nitrogen and oxygen atoms in total. The summed E-state index contributed by atoms with van der Waals surface area (Å²) in [5, 5.41) is 3.59. The van der Waals surface area contributed by atoms with Crippen LogP contribution in [0.4, 0.5) is 11.4 Å². The van der Waals surface area contributed by atoms with Crippen LogP contribution in [0.15, 0.2) is 30.7 Å². The molecule has 3 rings (SSSR count). The maximum atomic E-state index is 12.5. The highest BCUT2D eigenvalue weighted by Gasteiger charge is 2.20. The van der Waals surface area contributed by atoms with Crippen molar-refractivity contribution in [3.8, 4) is 0 Å². The largest absolute Gasteiger partial charge is 0.370 e. The van der Waals surface area contributed by atoms with E-state index >= 15 is 0 Å². The number of aryl methyl sites for hydroxylation is 1. The van der Waals surface area contributed by atoms with Crippen LogP contribution < -0.4 is 10.2 Å². The van der Waals surface area contributed by atoms with Gasteiger partial charge in [0, 0.05) is 25.2 Å². The summed E-state index contributed by atoms with van der Waals surface area (Å²) in [6, 6.07) is 5.67. The first-order valence-electron chi connectivity index (χ1n) is 7.87. The van der Waals surface area contributed by atoms with Crippen molar-refractivity contribution in [2.45, 2.75) is 19.8 Å². The highest BCUT2D eigenvalue weighted by atomic mass is 35.5. The normalized spacial score (nSPS) is 18.0. The number of piperidine rings is 1. The van der Waals surface area contributed by atoms with Crippen molar-refractivity contribution >= 4 is 28.9 Å². The summed E-state index contributed by atoms with van der Waals surface area (Å²) < 4.78 is 1.70. The van der Waals surface area contributed by atoms with E-state index in [1.54, 1.807) is 24.1 Å². The Morgan fingerprint density at radius 3 is 2.96 bits per heavy atom. The number of anilines is 2. The molecule has 1 aromatic carbocycles. The first-order valence-corrected chi connectivity index (χ1v) is 8.24. The molecule has 1 fully saturated rings. The Morgan fingerprint density at radius 1 is 1.43 bits per heavy atom. The van der Waals surface area contributed by atoms with Gasteiger partial charge in [0.05, 0.1) is 23.9 Å². The highest BCUT2D eigenvalue weighted by molar-refractivity contribution is 6.31. The number of hydrogen-bond acceptors (Lipinski definition) is 3. The lowest BCUT2D eigenvalue weighted by molar-refractivity contribution is 0.101. The van der Waals surface area contributed by atoms with Crippen molar-refractivity contribution in [1.29, 1.82) is 0 Å². The molecule has 1 aliphatic heterocycles. The number of carbonyl (C=O) groups excluding carboxylic acids is 1. The summed E-state index contributed by atoms with van der Waals surface area (Å²) in [7, 11) is 1.80. The van der Waals surface area contributed by atoms with Crippen LogP contribution >= 0.6 is 11.6 Å². The zero-order valence-corrected chi connectivity index (χ0v) is 14.2. The zero-order chi connectivity index (χ0) is 16.4. The monoisotopic (exact) mass is 332 g/mol. The van der Waals surface area contributed by atoms with E-state index in [2.05, 4.69) is 22.1 Å². The molecule has 0 bridgehead atoms. The molecule has 2 heterocycles. The van der Waals surface area contributed by atoms with E-state index in [0.717, 1.165) is 24.5 Å². The van der Waals surface area contributed by atoms with Gasteiger partial charge in [-0.3, -0.25) is 4.79 Å². The number of halogens is 1. The Hall–Kier alpha value is -2.01. The average molecular weight is 333 g/mol. The standard InChI is InChI=1S/C17H21ClN4O/c1-12-4-3-7-22(10-12)15-6-5-13(18)8-14(15)20-17(23)16-9-19-11-21(16)2/h5-6,8-9,11-12H,3-4,7,10H2,1-2H3,(H,20,23). The number of nitrogens with zero attached hydrogens (tertiary/aromatic N) is 3. The van der Waals surface area contributed by atoms with Crippen LogP contribution in [-0.2, 0) is 7.05 Å². The fraction of sp³-hybridized carbons (Fsp3) is 0.412. The molecule has 1 unspecified atom stereocenters. The molecule has 2 aromatic rings. The number of hydrogen-bond donors (Lipinski definition) is 1. The van der Waals surface area contributed by atoms with Crippen LogP contribution in [0.3, 0.4) is 0 Å². The summed E-state index contributed by atoms with van der Waals surface area (Å²) in [4.78, 5) is 18.8. The zero-order valence-electron chi connectivity index (χ0n) is 13.4. The van der Waals surface area contributed by atoms with Crippen LogP contribution in [0, 0.1) is 5.92 Å². The van der Waals surface area contributed by atoms with Gasteiger partial charge in [0.25, 0.3) is 5.91 Å². The molecule has 0 radical (unpaired) electrons. The Labute approximate surface area is 141 Å². The third kappa shape index (κ3) is 3.50. The molecule has 1 amide bonds. The maximum absolute atomic E-state index is 12.5. The molecule has 23 heavy (non-hydrogen) atoms. The number of rotatable bonds is 3. The minimum atomic E-state index is -0.182. The smallest absolute Gasteiger partial charge is 0.273 e. The number of amides is 1. The van der Waals surface area contributed by atoms with Crippen LogP contribution in [-0.4, -0.2) is 28.5 Å². The van der Waals surface area contributed by atoms with E-state index in [-0.39, 0.29) is 5.91 Å². The predicted octanol–water partition coefficient (Wildman–Crippen LogP) is 3.56. The quantitative estimate of drug-likeness (QED) is 0.935. The van der Waals surface area contributed by atoms with E-state index in [9.17, 15) is 4.79 Å². The lowest BCUT2D eigenvalue weighted by Gasteiger charge is -2.34. The van der Waals surface area contributed by atoms with Crippen molar-refractivity contribution in [3.63, 3.8) is 0 Å². The molecule has 1 aliphatic rings. The highest BCUT2D eigenvalue weighted by Crippen LogP contribution is 2.32. The van der Waals surface area contributed by atoms with Gasteiger partial charge in [-0.05, 0) is 37.0 Å². The number of benzene rings is 1. The van der Waals surface area contributed by atoms with Gasteiger partial charge >= 0.3 is 0 Å². The summed E-state index contributed by atoms with van der Waals surface area (Å²) in [6.45, 7) is 4.26. The Balaban J connectivity index is 1.87. The summed E-state index contributed by atoms with van der Waals surface area (Å²) in [6.07, 6.45) is 5.59. The number of carbonyl (C=O) groups is 1. The first kappa shape index (κ1) is 15.9. The fourth-order valence-corrected chi connectivity index (χ4v) is 3.23. The third-order valence-corrected chi connectivity index (χ3v) is 4.49. The number of nitrogens with one attached hydrogen (secondary N) is 1. The summed E-state index contributed by atoms with van der Waals surface area (Å²) in [5.41, 5.74) is 2.29. The van der Waals surface area contributed by atoms with Gasteiger partial charge in [-0.2, -0.15) is 0 Å². The first-order chi connectivity index (χ1) is 11.0. The van der Waals surface area contributed by atoms with Crippen molar-refractivity contribution < 1.29 is 4.79 Å². The van der Waals surface area contributed by atoms with E-state index in [1.807, 2.05) is 18.2 Å². The molecule has 1 aromatic heterocycles. The molecule has 0 spiro atoms. The SMILES string of the molecule is CC1CCCN(c2ccc(Cl)cc2NC(=O)c2cncn2C)C1. The summed E-state index contributed by atoms with van der Waals surface area (Å²) in [5.74, 6) is 0.471. The Morgan fingerprint density at radius 2 is 2.26 bits per heavy atom. The van der Waals surface area contributed by atoms with Crippen LogP contribution in [0.2, 0.25) is 5.02 Å². The van der Waals surface area contributed by atoms with Crippen LogP contribution in [0.5, 0.6) is 0 Å². The van der Waals surface area contributed by atoms with E-state index < -0.39 is 0 Å². The van der Waals surface area contributed by atoms with Gasteiger partial charge in [0.2, 0.25) is 0 Å². The van der Waals surface area contributed by atoms with Gasteiger partial charge in [-0.1, -0.05) is 18.5 Å². The van der Waals surface area contributed by atoms with Crippen LogP contribution in [0.1, 0.15) is 30.3 Å². The number of imidazole rings is 1. The minimum absolute atomic E-state index is 0.182. The van der Waals surface area contributed by atoms with Gasteiger partial charge in [-0.15, -0.1) is 0 Å². The van der Waals surface area contributed by atoms with Gasteiger partial charge in [0.15, 0.2) is 0 Å². The van der Waals surface area contributed by atoms with E-state index in [4.69, 9.17) is 11.6 Å². The molecule has 0 aliphatic carbocycles. The lowest BCUT2D eigenvalue weighted by atomic mass is 9.99. The fourth-order valence-electron chi connectivity index (χ4n) is 3.05. The molecule has 1 saturated heterocycles. The second-order valence-electron chi connectivity index (χ2n) is 6.20. The van der Waals surface area contributed by atoms with Crippen LogP contribution in [0.25, 0.3) is 0 Å².